The molecule has 234 valence electrons. The zero-order valence-electron chi connectivity index (χ0n) is 24.7. The lowest BCUT2D eigenvalue weighted by Gasteiger charge is -2.33. The number of alkyl halides is 3. The summed E-state index contributed by atoms with van der Waals surface area (Å²) in [5, 5.41) is 7.15. The monoisotopic (exact) mass is 610 g/mol. The van der Waals surface area contributed by atoms with Gasteiger partial charge < -0.3 is 24.8 Å². The van der Waals surface area contributed by atoms with Crippen molar-refractivity contribution in [2.45, 2.75) is 82.1 Å². The van der Waals surface area contributed by atoms with Crippen molar-refractivity contribution in [2.75, 3.05) is 20.2 Å². The standard InChI is InChI=1S/C33H37F3N4O4/c1-44-30(41)22-11-12-26-27(18-22)40-19-24(38-32(43)37-23-13-15-39(16-14-23)31(42)33(34,35)36)17-21-9-5-6-10-25(21)29(40)28(26)20-7-3-2-4-8-20/h5-6,9-12,18,20,23-24H,2-4,7-8,13-17,19H2,1H3,(H2,37,38,43). The van der Waals surface area contributed by atoms with E-state index in [1.807, 2.05) is 30.3 Å². The lowest BCUT2D eigenvalue weighted by molar-refractivity contribution is -0.186. The number of likely N-dealkylation sites (tertiary alicyclic amines) is 1. The van der Waals surface area contributed by atoms with Crippen LogP contribution >= 0.6 is 0 Å². The van der Waals surface area contributed by atoms with E-state index in [0.717, 1.165) is 45.5 Å². The second-order valence-electron chi connectivity index (χ2n) is 12.2. The first-order valence-electron chi connectivity index (χ1n) is 15.4. The molecule has 3 aromatic rings. The number of fused-ring (bicyclic) bond motifs is 5. The number of esters is 1. The van der Waals surface area contributed by atoms with Crippen LogP contribution in [0, 0.1) is 0 Å². The maximum Gasteiger partial charge on any atom is 0.471 e. The number of ether oxygens (including phenoxy) is 1. The average molecular weight is 611 g/mol. The second-order valence-corrected chi connectivity index (χ2v) is 12.2. The van der Waals surface area contributed by atoms with Gasteiger partial charge in [-0.1, -0.05) is 49.6 Å². The molecule has 1 atom stereocenters. The minimum Gasteiger partial charge on any atom is -0.465 e. The summed E-state index contributed by atoms with van der Waals surface area (Å²) in [4.78, 5) is 38.2. The van der Waals surface area contributed by atoms with Gasteiger partial charge in [0.05, 0.1) is 24.4 Å². The number of amides is 3. The molecule has 0 spiro atoms. The average Bonchev–Trinajstić information content (AvgIpc) is 3.24. The van der Waals surface area contributed by atoms with E-state index in [-0.39, 0.29) is 38.0 Å². The number of aromatic nitrogens is 1. The Hall–Kier alpha value is -4.02. The number of hydrogen-bond acceptors (Lipinski definition) is 4. The van der Waals surface area contributed by atoms with E-state index >= 15 is 0 Å². The number of urea groups is 1. The van der Waals surface area contributed by atoms with Gasteiger partial charge in [-0.15, -0.1) is 0 Å². The van der Waals surface area contributed by atoms with Crippen LogP contribution in [0.3, 0.4) is 0 Å². The Kier molecular flexibility index (Phi) is 8.30. The topological polar surface area (TPSA) is 92.7 Å². The van der Waals surface area contributed by atoms with Gasteiger partial charge >= 0.3 is 24.1 Å². The molecule has 0 bridgehead atoms. The maximum atomic E-state index is 13.2. The first kappa shape index (κ1) is 30.0. The molecule has 2 fully saturated rings. The van der Waals surface area contributed by atoms with Gasteiger partial charge in [0.25, 0.3) is 0 Å². The number of rotatable bonds is 4. The van der Waals surface area contributed by atoms with Gasteiger partial charge in [-0.05, 0) is 61.3 Å². The van der Waals surface area contributed by atoms with E-state index in [9.17, 15) is 27.6 Å². The Morgan fingerprint density at radius 3 is 2.32 bits per heavy atom. The van der Waals surface area contributed by atoms with Gasteiger partial charge in [-0.2, -0.15) is 13.2 Å². The van der Waals surface area contributed by atoms with E-state index in [1.165, 1.54) is 31.9 Å². The number of nitrogens with one attached hydrogen (secondary N) is 2. The SMILES string of the molecule is COC(=O)c1ccc2c(C3CCCCC3)c3n(c2c1)CC(NC(=O)NC1CCN(C(=O)C(F)(F)F)CC1)Cc1ccccc1-3. The van der Waals surface area contributed by atoms with Crippen LogP contribution in [-0.2, 0) is 22.5 Å². The number of benzene rings is 2. The van der Waals surface area contributed by atoms with E-state index in [1.54, 1.807) is 0 Å². The van der Waals surface area contributed by atoms with E-state index in [0.29, 0.717) is 24.4 Å². The lowest BCUT2D eigenvalue weighted by atomic mass is 9.81. The van der Waals surface area contributed by atoms with E-state index in [2.05, 4.69) is 27.3 Å². The van der Waals surface area contributed by atoms with Gasteiger partial charge in [0.2, 0.25) is 0 Å². The predicted molar refractivity (Wildman–Crippen MR) is 159 cm³/mol. The van der Waals surface area contributed by atoms with Crippen molar-refractivity contribution in [1.82, 2.24) is 20.1 Å². The predicted octanol–water partition coefficient (Wildman–Crippen LogP) is 5.92. The molecule has 1 aliphatic carbocycles. The molecule has 0 radical (unpaired) electrons. The Morgan fingerprint density at radius 1 is 0.909 bits per heavy atom. The normalized spacial score (nSPS) is 19.5. The molecule has 1 saturated carbocycles. The van der Waals surface area contributed by atoms with Crippen molar-refractivity contribution >= 4 is 28.8 Å². The molecule has 3 heterocycles. The molecule has 3 amide bonds. The first-order chi connectivity index (χ1) is 21.1. The molecular formula is C33H37F3N4O4. The first-order valence-corrected chi connectivity index (χ1v) is 15.4. The van der Waals surface area contributed by atoms with Gasteiger partial charge in [-0.3, -0.25) is 4.79 Å². The molecule has 1 aromatic heterocycles. The fourth-order valence-corrected chi connectivity index (χ4v) is 7.30. The van der Waals surface area contributed by atoms with Gasteiger partial charge in [0.1, 0.15) is 0 Å². The minimum atomic E-state index is -4.90. The van der Waals surface area contributed by atoms with Crippen LogP contribution in [0.4, 0.5) is 18.0 Å². The zero-order chi connectivity index (χ0) is 31.0. The van der Waals surface area contributed by atoms with Crippen molar-refractivity contribution in [1.29, 1.82) is 0 Å². The summed E-state index contributed by atoms with van der Waals surface area (Å²) in [6, 6.07) is 13.0. The Balaban J connectivity index is 1.29. The summed E-state index contributed by atoms with van der Waals surface area (Å²) >= 11 is 0. The molecule has 3 aliphatic rings. The smallest absolute Gasteiger partial charge is 0.465 e. The van der Waals surface area contributed by atoms with Crippen LogP contribution in [0.1, 0.15) is 72.3 Å². The van der Waals surface area contributed by atoms with Crippen LogP contribution in [-0.4, -0.2) is 65.8 Å². The number of halogens is 3. The number of methoxy groups -OCH3 is 1. The zero-order valence-corrected chi connectivity index (χ0v) is 24.7. The molecule has 1 unspecified atom stereocenters. The van der Waals surface area contributed by atoms with Crippen LogP contribution in [0.15, 0.2) is 42.5 Å². The van der Waals surface area contributed by atoms with E-state index < -0.39 is 24.1 Å². The summed E-state index contributed by atoms with van der Waals surface area (Å²) in [7, 11) is 1.37. The largest absolute Gasteiger partial charge is 0.471 e. The third kappa shape index (κ3) is 5.88. The molecule has 1 saturated heterocycles. The van der Waals surface area contributed by atoms with Crippen LogP contribution in [0.25, 0.3) is 22.2 Å². The van der Waals surface area contributed by atoms with Crippen molar-refractivity contribution in [3.63, 3.8) is 0 Å². The molecular weight excluding hydrogens is 573 g/mol. The highest BCUT2D eigenvalue weighted by Gasteiger charge is 2.43. The third-order valence-electron chi connectivity index (χ3n) is 9.38. The highest BCUT2D eigenvalue weighted by atomic mass is 19.4. The van der Waals surface area contributed by atoms with Gasteiger partial charge in [-0.25, -0.2) is 9.59 Å². The maximum absolute atomic E-state index is 13.2. The second kappa shape index (κ2) is 12.2. The summed E-state index contributed by atoms with van der Waals surface area (Å²) in [5.41, 5.74) is 6.06. The Morgan fingerprint density at radius 2 is 1.61 bits per heavy atom. The number of carbonyl (C=O) groups is 3. The molecule has 11 heteroatoms. The van der Waals surface area contributed by atoms with Crippen LogP contribution in [0.5, 0.6) is 0 Å². The minimum absolute atomic E-state index is 0.0642. The van der Waals surface area contributed by atoms with Crippen molar-refractivity contribution in [2.24, 2.45) is 0 Å². The summed E-state index contributed by atoms with van der Waals surface area (Å²) in [6.07, 6.45) is 1.96. The quantitative estimate of drug-likeness (QED) is 0.359. The van der Waals surface area contributed by atoms with Gasteiger partial charge in [0.15, 0.2) is 0 Å². The molecule has 8 nitrogen and oxygen atoms in total. The Labute approximate surface area is 253 Å². The molecule has 2 aromatic carbocycles. The summed E-state index contributed by atoms with van der Waals surface area (Å²) in [5.74, 6) is -1.86. The molecule has 44 heavy (non-hydrogen) atoms. The summed E-state index contributed by atoms with van der Waals surface area (Å²) in [6.45, 7) is 0.348. The fourth-order valence-electron chi connectivity index (χ4n) is 7.30. The van der Waals surface area contributed by atoms with E-state index in [4.69, 9.17) is 4.74 Å². The highest BCUT2D eigenvalue weighted by Crippen LogP contribution is 2.46. The van der Waals surface area contributed by atoms with Crippen LogP contribution < -0.4 is 10.6 Å². The van der Waals surface area contributed by atoms with Crippen molar-refractivity contribution < 1.29 is 32.3 Å². The third-order valence-corrected chi connectivity index (χ3v) is 9.38. The molecule has 2 N–H and O–H groups in total. The Bertz CT molecular complexity index is 1570. The molecule has 2 aliphatic heterocycles. The fraction of sp³-hybridized carbons (Fsp3) is 0.485. The number of nitrogens with zero attached hydrogens (tertiary/aromatic N) is 2. The number of hydrogen-bond donors (Lipinski definition) is 2. The summed E-state index contributed by atoms with van der Waals surface area (Å²) < 4.78 is 45.8. The number of carbonyl (C=O) groups excluding carboxylic acids is 3. The van der Waals surface area contributed by atoms with Crippen LogP contribution in [0.2, 0.25) is 0 Å². The van der Waals surface area contributed by atoms with Gasteiger partial charge in [0, 0.05) is 42.1 Å². The number of piperidine rings is 1. The van der Waals surface area contributed by atoms with Crippen molar-refractivity contribution in [3.8, 4) is 11.3 Å². The lowest BCUT2D eigenvalue weighted by Crippen LogP contribution is -2.53. The highest BCUT2D eigenvalue weighted by molar-refractivity contribution is 5.99. The van der Waals surface area contributed by atoms with Crippen molar-refractivity contribution in [3.05, 3.63) is 59.2 Å². The molecule has 6 rings (SSSR count).